The summed E-state index contributed by atoms with van der Waals surface area (Å²) in [4.78, 5) is 4.68. The lowest BCUT2D eigenvalue weighted by Crippen LogP contribution is -2.25. The molecule has 0 amide bonds. The summed E-state index contributed by atoms with van der Waals surface area (Å²) in [5.41, 5.74) is 6.36. The highest BCUT2D eigenvalue weighted by molar-refractivity contribution is 7.85. The van der Waals surface area contributed by atoms with Gasteiger partial charge in [-0.05, 0) is 72.1 Å². The molecular formula is C50H37N2OP. The molecule has 0 saturated carbocycles. The molecule has 0 radical (unpaired) electrons. The first-order chi connectivity index (χ1) is 26.7. The number of hydrogen-bond donors (Lipinski definition) is 0. The zero-order valence-corrected chi connectivity index (χ0v) is 30.5. The SMILES string of the molecule is O=P(c1ccccc1)(c1ccccc1)c1ccc(N(c2ccccc2)c2ccc(N(c3ccccc3)c3cccc4ccccc34)c3ccccc23)cc1. The van der Waals surface area contributed by atoms with Gasteiger partial charge in [-0.1, -0.05) is 158 Å². The Kier molecular flexibility index (Phi) is 8.84. The molecule has 0 aliphatic carbocycles. The van der Waals surface area contributed by atoms with Crippen molar-refractivity contribution >= 4 is 78.7 Å². The van der Waals surface area contributed by atoms with Gasteiger partial charge < -0.3 is 14.4 Å². The van der Waals surface area contributed by atoms with Gasteiger partial charge >= 0.3 is 0 Å². The molecular weight excluding hydrogens is 676 g/mol. The Balaban J connectivity index is 1.22. The molecule has 0 bridgehead atoms. The van der Waals surface area contributed by atoms with E-state index in [0.717, 1.165) is 60.8 Å². The second-order valence-electron chi connectivity index (χ2n) is 13.3. The highest BCUT2D eigenvalue weighted by atomic mass is 31.2. The van der Waals surface area contributed by atoms with Crippen molar-refractivity contribution in [2.45, 2.75) is 0 Å². The second kappa shape index (κ2) is 14.4. The standard InChI is InChI=1S/C50H37N2OP/c53-54(42-24-9-3-10-25-42,43-26-11-4-12-27-43)44-34-32-41(33-35-44)51(39-20-5-1-6-21-39)49-36-37-50(47-30-16-15-29-46(47)49)52(40-22-7-2-8-23-40)48-31-17-19-38-18-13-14-28-45(38)48/h1-37H. The zero-order valence-electron chi connectivity index (χ0n) is 29.6. The van der Waals surface area contributed by atoms with E-state index >= 15 is 4.57 Å². The molecule has 0 fully saturated rings. The Morgan fingerprint density at radius 3 is 1.20 bits per heavy atom. The zero-order chi connectivity index (χ0) is 36.3. The molecule has 0 aliphatic heterocycles. The van der Waals surface area contributed by atoms with Crippen LogP contribution in [0, 0.1) is 0 Å². The van der Waals surface area contributed by atoms with Gasteiger partial charge in [0.25, 0.3) is 0 Å². The van der Waals surface area contributed by atoms with Crippen molar-refractivity contribution in [1.82, 2.24) is 0 Å². The van der Waals surface area contributed by atoms with Crippen molar-refractivity contribution in [3.63, 3.8) is 0 Å². The van der Waals surface area contributed by atoms with Crippen LogP contribution in [-0.2, 0) is 4.57 Å². The van der Waals surface area contributed by atoms with E-state index < -0.39 is 7.14 Å². The molecule has 0 unspecified atom stereocenters. The van der Waals surface area contributed by atoms with Crippen LogP contribution < -0.4 is 25.7 Å². The summed E-state index contributed by atoms with van der Waals surface area (Å²) in [7, 11) is -3.13. The van der Waals surface area contributed by atoms with Crippen LogP contribution in [0.5, 0.6) is 0 Å². The summed E-state index contributed by atoms with van der Waals surface area (Å²) in [5, 5.41) is 7.06. The Labute approximate surface area is 316 Å². The van der Waals surface area contributed by atoms with E-state index in [2.05, 4.69) is 155 Å². The van der Waals surface area contributed by atoms with E-state index in [1.54, 1.807) is 0 Å². The van der Waals surface area contributed by atoms with Crippen LogP contribution in [0.15, 0.2) is 224 Å². The molecule has 54 heavy (non-hydrogen) atoms. The maximum atomic E-state index is 15.2. The third kappa shape index (κ3) is 5.95. The first-order valence-electron chi connectivity index (χ1n) is 18.2. The van der Waals surface area contributed by atoms with Crippen LogP contribution >= 0.6 is 7.14 Å². The number of fused-ring (bicyclic) bond motifs is 2. The van der Waals surface area contributed by atoms with Gasteiger partial charge in [-0.15, -0.1) is 0 Å². The molecule has 9 aromatic rings. The lowest BCUT2D eigenvalue weighted by atomic mass is 10.0. The minimum Gasteiger partial charge on any atom is -0.310 e. The topological polar surface area (TPSA) is 23.6 Å². The van der Waals surface area contributed by atoms with Gasteiger partial charge in [-0.25, -0.2) is 0 Å². The molecule has 0 heterocycles. The fourth-order valence-electron chi connectivity index (χ4n) is 7.58. The normalized spacial score (nSPS) is 11.4. The number of nitrogens with zero attached hydrogens (tertiary/aromatic N) is 2. The van der Waals surface area contributed by atoms with Crippen molar-refractivity contribution in [2.75, 3.05) is 9.80 Å². The van der Waals surface area contributed by atoms with Crippen LogP contribution in [0.25, 0.3) is 21.5 Å². The summed E-state index contributed by atoms with van der Waals surface area (Å²) >= 11 is 0. The van der Waals surface area contributed by atoms with E-state index in [-0.39, 0.29) is 0 Å². The van der Waals surface area contributed by atoms with E-state index in [1.807, 2.05) is 78.9 Å². The van der Waals surface area contributed by atoms with E-state index in [1.165, 1.54) is 10.8 Å². The highest BCUT2D eigenvalue weighted by Gasteiger charge is 2.30. The van der Waals surface area contributed by atoms with Gasteiger partial charge in [0.15, 0.2) is 7.14 Å². The maximum Gasteiger partial charge on any atom is 0.171 e. The van der Waals surface area contributed by atoms with Crippen molar-refractivity contribution in [3.8, 4) is 0 Å². The van der Waals surface area contributed by atoms with Crippen molar-refractivity contribution in [1.29, 1.82) is 0 Å². The fraction of sp³-hybridized carbons (Fsp3) is 0. The van der Waals surface area contributed by atoms with E-state index in [9.17, 15) is 0 Å². The smallest absolute Gasteiger partial charge is 0.171 e. The number of rotatable bonds is 9. The van der Waals surface area contributed by atoms with Gasteiger partial charge in [0, 0.05) is 49.1 Å². The summed E-state index contributed by atoms with van der Waals surface area (Å²) < 4.78 is 15.2. The van der Waals surface area contributed by atoms with Gasteiger partial charge in [0.2, 0.25) is 0 Å². The molecule has 0 spiro atoms. The van der Waals surface area contributed by atoms with Gasteiger partial charge in [0.05, 0.1) is 17.1 Å². The fourth-order valence-corrected chi connectivity index (χ4v) is 10.2. The average molecular weight is 713 g/mol. The largest absolute Gasteiger partial charge is 0.310 e. The van der Waals surface area contributed by atoms with Crippen LogP contribution in [0.3, 0.4) is 0 Å². The summed E-state index contributed by atoms with van der Waals surface area (Å²) in [6.45, 7) is 0. The molecule has 0 aromatic heterocycles. The van der Waals surface area contributed by atoms with E-state index in [0.29, 0.717) is 0 Å². The van der Waals surface area contributed by atoms with Gasteiger partial charge in [-0.2, -0.15) is 0 Å². The molecule has 0 atom stereocenters. The Morgan fingerprint density at radius 1 is 0.278 bits per heavy atom. The molecule has 9 aromatic carbocycles. The molecule has 258 valence electrons. The predicted octanol–water partition coefficient (Wildman–Crippen LogP) is 12.6. The lowest BCUT2D eigenvalue weighted by Gasteiger charge is -2.31. The van der Waals surface area contributed by atoms with Crippen LogP contribution in [0.4, 0.5) is 34.1 Å². The number of hydrogen-bond acceptors (Lipinski definition) is 3. The van der Waals surface area contributed by atoms with Crippen molar-refractivity contribution in [3.05, 3.63) is 224 Å². The molecule has 0 N–H and O–H groups in total. The molecule has 3 nitrogen and oxygen atoms in total. The summed E-state index contributed by atoms with van der Waals surface area (Å²) in [5.74, 6) is 0. The highest BCUT2D eigenvalue weighted by Crippen LogP contribution is 2.47. The first kappa shape index (κ1) is 33.2. The van der Waals surface area contributed by atoms with Gasteiger partial charge in [0.1, 0.15) is 0 Å². The molecule has 9 rings (SSSR count). The van der Waals surface area contributed by atoms with Crippen molar-refractivity contribution < 1.29 is 4.57 Å². The number of para-hydroxylation sites is 2. The Morgan fingerprint density at radius 2 is 0.648 bits per heavy atom. The summed E-state index contributed by atoms with van der Waals surface area (Å²) in [6, 6.07) is 77.3. The average Bonchev–Trinajstić information content (AvgIpc) is 3.26. The van der Waals surface area contributed by atoms with Crippen molar-refractivity contribution in [2.24, 2.45) is 0 Å². The third-order valence-corrected chi connectivity index (χ3v) is 13.2. The predicted molar refractivity (Wildman–Crippen MR) is 230 cm³/mol. The Bertz CT molecular complexity index is 2690. The quantitative estimate of drug-likeness (QED) is 0.139. The van der Waals surface area contributed by atoms with E-state index in [4.69, 9.17) is 0 Å². The minimum atomic E-state index is -3.13. The first-order valence-corrected chi connectivity index (χ1v) is 19.9. The van der Waals surface area contributed by atoms with Crippen LogP contribution in [-0.4, -0.2) is 0 Å². The molecule has 0 aliphatic rings. The Hall–Kier alpha value is -6.67. The lowest BCUT2D eigenvalue weighted by molar-refractivity contribution is 0.592. The number of anilines is 6. The molecule has 4 heteroatoms. The van der Waals surface area contributed by atoms with Crippen LogP contribution in [0.1, 0.15) is 0 Å². The second-order valence-corrected chi connectivity index (χ2v) is 16.1. The van der Waals surface area contributed by atoms with Crippen LogP contribution in [0.2, 0.25) is 0 Å². The summed E-state index contributed by atoms with van der Waals surface area (Å²) in [6.07, 6.45) is 0. The monoisotopic (exact) mass is 712 g/mol. The molecule has 0 saturated heterocycles. The van der Waals surface area contributed by atoms with Gasteiger partial charge in [-0.3, -0.25) is 0 Å². The number of benzene rings is 9. The minimum absolute atomic E-state index is 0.797. The maximum absolute atomic E-state index is 15.2. The third-order valence-electron chi connectivity index (χ3n) is 10.1.